The van der Waals surface area contributed by atoms with E-state index in [0.717, 1.165) is 11.6 Å². The van der Waals surface area contributed by atoms with E-state index >= 15 is 0 Å². The number of nitrogens with one attached hydrogen (secondary N) is 1. The number of aromatic nitrogens is 3. The van der Waals surface area contributed by atoms with Crippen LogP contribution in [0.3, 0.4) is 0 Å². The SMILES string of the molecule is Cc1cccc(S(=O)(=O)Nc2ccc(-c3cnc4ccnn4c3N)c(F)c2)c1. The Morgan fingerprint density at radius 2 is 1.93 bits per heavy atom. The van der Waals surface area contributed by atoms with Crippen LogP contribution < -0.4 is 10.5 Å². The number of anilines is 2. The molecule has 4 aromatic rings. The molecule has 9 heteroatoms. The molecule has 0 saturated heterocycles. The first-order valence-electron chi connectivity index (χ1n) is 8.33. The molecule has 0 bridgehead atoms. The van der Waals surface area contributed by atoms with Gasteiger partial charge in [-0.15, -0.1) is 0 Å². The van der Waals surface area contributed by atoms with Gasteiger partial charge in [0.2, 0.25) is 0 Å². The standard InChI is InChI=1S/C19H16FN5O2S/c1-12-3-2-4-14(9-12)28(26,27)24-13-5-6-15(17(20)10-13)16-11-22-18-7-8-23-25(18)19(16)21/h2-11,24H,21H2,1H3. The minimum Gasteiger partial charge on any atom is -0.383 e. The van der Waals surface area contributed by atoms with Gasteiger partial charge >= 0.3 is 0 Å². The van der Waals surface area contributed by atoms with Crippen LogP contribution in [0, 0.1) is 12.7 Å². The molecule has 4 rings (SSSR count). The smallest absolute Gasteiger partial charge is 0.261 e. The normalized spacial score (nSPS) is 11.6. The number of rotatable bonds is 4. The second-order valence-corrected chi connectivity index (χ2v) is 7.96. The van der Waals surface area contributed by atoms with Crippen molar-refractivity contribution in [2.75, 3.05) is 10.5 Å². The van der Waals surface area contributed by atoms with E-state index in [0.29, 0.717) is 11.2 Å². The Balaban J connectivity index is 1.69. The fourth-order valence-electron chi connectivity index (χ4n) is 2.89. The Hall–Kier alpha value is -3.46. The molecule has 0 aliphatic heterocycles. The molecular weight excluding hydrogens is 381 g/mol. The topological polar surface area (TPSA) is 102 Å². The van der Waals surface area contributed by atoms with Crippen molar-refractivity contribution in [3.63, 3.8) is 0 Å². The quantitative estimate of drug-likeness (QED) is 0.550. The Kier molecular flexibility index (Phi) is 4.23. The molecule has 0 atom stereocenters. The lowest BCUT2D eigenvalue weighted by atomic mass is 10.1. The maximum absolute atomic E-state index is 14.7. The van der Waals surface area contributed by atoms with Crippen LogP contribution in [0.2, 0.25) is 0 Å². The maximum atomic E-state index is 14.7. The van der Waals surface area contributed by atoms with Gasteiger partial charge in [-0.3, -0.25) is 4.72 Å². The van der Waals surface area contributed by atoms with E-state index in [2.05, 4.69) is 14.8 Å². The van der Waals surface area contributed by atoms with Gasteiger partial charge in [0.05, 0.1) is 16.8 Å². The van der Waals surface area contributed by atoms with Crippen LogP contribution >= 0.6 is 0 Å². The molecule has 0 aliphatic carbocycles. The molecule has 2 aromatic heterocycles. The number of fused-ring (bicyclic) bond motifs is 1. The summed E-state index contributed by atoms with van der Waals surface area (Å²) >= 11 is 0. The van der Waals surface area contributed by atoms with Crippen molar-refractivity contribution >= 4 is 27.2 Å². The Morgan fingerprint density at radius 3 is 2.68 bits per heavy atom. The maximum Gasteiger partial charge on any atom is 0.261 e. The lowest BCUT2D eigenvalue weighted by molar-refractivity contribution is 0.601. The van der Waals surface area contributed by atoms with E-state index in [1.165, 1.54) is 28.9 Å². The van der Waals surface area contributed by atoms with E-state index in [1.807, 2.05) is 0 Å². The van der Waals surface area contributed by atoms with E-state index in [1.54, 1.807) is 37.4 Å². The van der Waals surface area contributed by atoms with Crippen molar-refractivity contribution in [2.24, 2.45) is 0 Å². The molecule has 3 N–H and O–H groups in total. The second kappa shape index (κ2) is 6.61. The van der Waals surface area contributed by atoms with Gasteiger partial charge in [-0.05, 0) is 42.8 Å². The van der Waals surface area contributed by atoms with Gasteiger partial charge in [-0.1, -0.05) is 12.1 Å². The highest BCUT2D eigenvalue weighted by molar-refractivity contribution is 7.92. The minimum atomic E-state index is -3.83. The summed E-state index contributed by atoms with van der Waals surface area (Å²) in [6.45, 7) is 1.79. The zero-order valence-electron chi connectivity index (χ0n) is 14.8. The summed E-state index contributed by atoms with van der Waals surface area (Å²) in [4.78, 5) is 4.30. The number of sulfonamides is 1. The van der Waals surface area contributed by atoms with Crippen molar-refractivity contribution in [1.82, 2.24) is 14.6 Å². The average Bonchev–Trinajstić information content (AvgIpc) is 3.12. The van der Waals surface area contributed by atoms with Gasteiger partial charge in [0.15, 0.2) is 5.65 Å². The summed E-state index contributed by atoms with van der Waals surface area (Å²) in [6, 6.07) is 12.2. The third-order valence-electron chi connectivity index (χ3n) is 4.26. The summed E-state index contributed by atoms with van der Waals surface area (Å²) < 4.78 is 43.6. The van der Waals surface area contributed by atoms with E-state index < -0.39 is 15.8 Å². The zero-order chi connectivity index (χ0) is 19.9. The Bertz CT molecular complexity index is 1300. The lowest BCUT2D eigenvalue weighted by Crippen LogP contribution is -2.13. The molecule has 142 valence electrons. The first kappa shape index (κ1) is 17.9. The second-order valence-electron chi connectivity index (χ2n) is 6.27. The van der Waals surface area contributed by atoms with Crippen LogP contribution in [0.25, 0.3) is 16.8 Å². The number of hydrogen-bond donors (Lipinski definition) is 2. The predicted molar refractivity (Wildman–Crippen MR) is 105 cm³/mol. The van der Waals surface area contributed by atoms with Crippen molar-refractivity contribution in [2.45, 2.75) is 11.8 Å². The van der Waals surface area contributed by atoms with Crippen molar-refractivity contribution in [3.05, 3.63) is 72.3 Å². The fraction of sp³-hybridized carbons (Fsp3) is 0.0526. The van der Waals surface area contributed by atoms with Crippen molar-refractivity contribution < 1.29 is 12.8 Å². The van der Waals surface area contributed by atoms with Gasteiger partial charge in [0.25, 0.3) is 10.0 Å². The van der Waals surface area contributed by atoms with Crippen LogP contribution in [-0.2, 0) is 10.0 Å². The molecule has 0 unspecified atom stereocenters. The molecule has 2 aromatic carbocycles. The Labute approximate surface area is 160 Å². The largest absolute Gasteiger partial charge is 0.383 e. The monoisotopic (exact) mass is 397 g/mol. The van der Waals surface area contributed by atoms with E-state index in [4.69, 9.17) is 5.73 Å². The number of nitrogen functional groups attached to an aromatic ring is 1. The number of hydrogen-bond acceptors (Lipinski definition) is 5. The third-order valence-corrected chi connectivity index (χ3v) is 5.64. The predicted octanol–water partition coefficient (Wildman–Crippen LogP) is 3.23. The summed E-state index contributed by atoms with van der Waals surface area (Å²) in [7, 11) is -3.83. The van der Waals surface area contributed by atoms with Crippen LogP contribution in [-0.4, -0.2) is 23.0 Å². The van der Waals surface area contributed by atoms with Gasteiger partial charge in [-0.2, -0.15) is 9.61 Å². The molecule has 0 spiro atoms. The van der Waals surface area contributed by atoms with Gasteiger partial charge in [-0.25, -0.2) is 17.8 Å². The minimum absolute atomic E-state index is 0.106. The molecule has 0 amide bonds. The number of nitrogens with zero attached hydrogens (tertiary/aromatic N) is 3. The van der Waals surface area contributed by atoms with E-state index in [-0.39, 0.29) is 22.0 Å². The number of aryl methyl sites for hydroxylation is 1. The van der Waals surface area contributed by atoms with Crippen LogP contribution in [0.15, 0.2) is 65.8 Å². The summed E-state index contributed by atoms with van der Waals surface area (Å²) in [5.41, 5.74) is 8.09. The zero-order valence-corrected chi connectivity index (χ0v) is 15.6. The summed E-state index contributed by atoms with van der Waals surface area (Å²) in [5.74, 6) is -0.397. The lowest BCUT2D eigenvalue weighted by Gasteiger charge is -2.12. The molecule has 0 aliphatic rings. The highest BCUT2D eigenvalue weighted by Gasteiger charge is 2.17. The van der Waals surface area contributed by atoms with Crippen molar-refractivity contribution in [1.29, 1.82) is 0 Å². The summed E-state index contributed by atoms with van der Waals surface area (Å²) in [6.07, 6.45) is 3.00. The fourth-order valence-corrected chi connectivity index (χ4v) is 4.05. The summed E-state index contributed by atoms with van der Waals surface area (Å²) in [5, 5.41) is 4.06. The molecular formula is C19H16FN5O2S. The first-order valence-corrected chi connectivity index (χ1v) is 9.81. The average molecular weight is 397 g/mol. The van der Waals surface area contributed by atoms with Crippen molar-refractivity contribution in [3.8, 4) is 11.1 Å². The van der Waals surface area contributed by atoms with Crippen LogP contribution in [0.5, 0.6) is 0 Å². The highest BCUT2D eigenvalue weighted by Crippen LogP contribution is 2.30. The van der Waals surface area contributed by atoms with Gasteiger partial charge in [0, 0.05) is 23.4 Å². The first-order chi connectivity index (χ1) is 13.3. The molecule has 0 fully saturated rings. The van der Waals surface area contributed by atoms with Crippen LogP contribution in [0.1, 0.15) is 5.56 Å². The molecule has 28 heavy (non-hydrogen) atoms. The van der Waals surface area contributed by atoms with Crippen LogP contribution in [0.4, 0.5) is 15.9 Å². The molecule has 2 heterocycles. The molecule has 0 saturated carbocycles. The van der Waals surface area contributed by atoms with Gasteiger partial charge in [0.1, 0.15) is 11.6 Å². The van der Waals surface area contributed by atoms with E-state index in [9.17, 15) is 12.8 Å². The highest BCUT2D eigenvalue weighted by atomic mass is 32.2. The molecule has 7 nitrogen and oxygen atoms in total. The molecule has 0 radical (unpaired) electrons. The van der Waals surface area contributed by atoms with Gasteiger partial charge < -0.3 is 5.73 Å². The number of halogens is 1. The third kappa shape index (κ3) is 3.16. The number of nitrogens with two attached hydrogens (primary N) is 1. The number of benzene rings is 2. The Morgan fingerprint density at radius 1 is 1.11 bits per heavy atom.